The van der Waals surface area contributed by atoms with E-state index >= 15 is 0 Å². The van der Waals surface area contributed by atoms with Gasteiger partial charge in [0, 0.05) is 19.6 Å². The van der Waals surface area contributed by atoms with Gasteiger partial charge in [0.15, 0.2) is 5.69 Å². The molecule has 0 N–H and O–H groups in total. The van der Waals surface area contributed by atoms with Crippen LogP contribution in [0.4, 0.5) is 5.82 Å². The lowest BCUT2D eigenvalue weighted by Gasteiger charge is -2.39. The van der Waals surface area contributed by atoms with Crippen LogP contribution >= 0.6 is 0 Å². The minimum Gasteiger partial charge on any atom is -0.355 e. The molecule has 1 spiro atoms. The van der Waals surface area contributed by atoms with Crippen LogP contribution < -0.4 is 4.90 Å². The van der Waals surface area contributed by atoms with Crippen molar-refractivity contribution >= 4 is 5.82 Å². The van der Waals surface area contributed by atoms with E-state index in [1.165, 1.54) is 31.0 Å². The molecule has 2 saturated heterocycles. The van der Waals surface area contributed by atoms with Crippen molar-refractivity contribution in [3.05, 3.63) is 54.0 Å². The van der Waals surface area contributed by atoms with E-state index in [0.717, 1.165) is 38.5 Å². The van der Waals surface area contributed by atoms with Gasteiger partial charge in [-0.1, -0.05) is 30.3 Å². The molecule has 128 valence electrons. The summed E-state index contributed by atoms with van der Waals surface area (Å²) >= 11 is 0. The largest absolute Gasteiger partial charge is 0.355 e. The fourth-order valence-electron chi connectivity index (χ4n) is 4.13. The third-order valence-electron chi connectivity index (χ3n) is 5.66. The van der Waals surface area contributed by atoms with Crippen molar-refractivity contribution in [1.82, 2.24) is 14.9 Å². The second-order valence-corrected chi connectivity index (χ2v) is 7.31. The van der Waals surface area contributed by atoms with Gasteiger partial charge in [-0.25, -0.2) is 4.98 Å². The highest BCUT2D eigenvalue weighted by Crippen LogP contribution is 2.41. The van der Waals surface area contributed by atoms with Gasteiger partial charge in [-0.2, -0.15) is 5.26 Å². The minimum atomic E-state index is 0.399. The Bertz CT molecular complexity index is 759. The van der Waals surface area contributed by atoms with Crippen LogP contribution in [0.25, 0.3) is 0 Å². The summed E-state index contributed by atoms with van der Waals surface area (Å²) < 4.78 is 0. The molecule has 2 fully saturated rings. The lowest BCUT2D eigenvalue weighted by Crippen LogP contribution is -2.41. The highest BCUT2D eigenvalue weighted by atomic mass is 15.2. The van der Waals surface area contributed by atoms with Gasteiger partial charge in [0.2, 0.25) is 0 Å². The number of nitriles is 1. The van der Waals surface area contributed by atoms with Gasteiger partial charge < -0.3 is 4.90 Å². The SMILES string of the molecule is N#Cc1cncc(N2CCC3(CCN(Cc4ccccc4)CC3)C2)n1. The van der Waals surface area contributed by atoms with Crippen LogP contribution in [0.3, 0.4) is 0 Å². The summed E-state index contributed by atoms with van der Waals surface area (Å²) in [5.41, 5.74) is 2.20. The van der Waals surface area contributed by atoms with Crippen molar-refractivity contribution in [2.75, 3.05) is 31.1 Å². The van der Waals surface area contributed by atoms with Crippen LogP contribution in [0.2, 0.25) is 0 Å². The minimum absolute atomic E-state index is 0.399. The van der Waals surface area contributed by atoms with Crippen LogP contribution in [0.5, 0.6) is 0 Å². The number of likely N-dealkylation sites (tertiary alicyclic amines) is 1. The zero-order valence-electron chi connectivity index (χ0n) is 14.4. The molecule has 5 nitrogen and oxygen atoms in total. The van der Waals surface area contributed by atoms with E-state index < -0.39 is 0 Å². The summed E-state index contributed by atoms with van der Waals surface area (Å²) in [6, 6.07) is 12.8. The zero-order valence-corrected chi connectivity index (χ0v) is 14.4. The fourth-order valence-corrected chi connectivity index (χ4v) is 4.13. The van der Waals surface area contributed by atoms with Gasteiger partial charge in [0.25, 0.3) is 0 Å². The van der Waals surface area contributed by atoms with E-state index in [1.54, 1.807) is 6.20 Å². The molecule has 1 aromatic carbocycles. The van der Waals surface area contributed by atoms with Gasteiger partial charge in [-0.15, -0.1) is 0 Å². The molecule has 0 saturated carbocycles. The Labute approximate surface area is 148 Å². The topological polar surface area (TPSA) is 56.1 Å². The molecule has 0 amide bonds. The number of benzene rings is 1. The first-order chi connectivity index (χ1) is 12.3. The van der Waals surface area contributed by atoms with Crippen molar-refractivity contribution in [2.45, 2.75) is 25.8 Å². The van der Waals surface area contributed by atoms with Gasteiger partial charge in [0.1, 0.15) is 11.9 Å². The molecule has 2 aromatic rings. The Hall–Kier alpha value is -2.45. The molecule has 3 heterocycles. The summed E-state index contributed by atoms with van der Waals surface area (Å²) in [7, 11) is 0. The van der Waals surface area contributed by atoms with Crippen molar-refractivity contribution in [3.8, 4) is 6.07 Å². The zero-order chi connectivity index (χ0) is 17.1. The molecule has 25 heavy (non-hydrogen) atoms. The molecule has 0 unspecified atom stereocenters. The molecule has 0 radical (unpaired) electrons. The second-order valence-electron chi connectivity index (χ2n) is 7.31. The van der Waals surface area contributed by atoms with Crippen LogP contribution in [0.1, 0.15) is 30.5 Å². The van der Waals surface area contributed by atoms with Crippen molar-refractivity contribution in [2.24, 2.45) is 5.41 Å². The van der Waals surface area contributed by atoms with E-state index in [1.807, 2.05) is 0 Å². The van der Waals surface area contributed by atoms with E-state index in [0.29, 0.717) is 11.1 Å². The monoisotopic (exact) mass is 333 g/mol. The normalized spacial score (nSPS) is 19.9. The third kappa shape index (κ3) is 3.49. The van der Waals surface area contributed by atoms with E-state index in [4.69, 9.17) is 5.26 Å². The average molecular weight is 333 g/mol. The first-order valence-corrected chi connectivity index (χ1v) is 9.00. The summed E-state index contributed by atoms with van der Waals surface area (Å²) in [6.07, 6.45) is 7.00. The number of hydrogen-bond acceptors (Lipinski definition) is 5. The number of rotatable bonds is 3. The highest BCUT2D eigenvalue weighted by molar-refractivity contribution is 5.40. The van der Waals surface area contributed by atoms with Gasteiger partial charge in [-0.3, -0.25) is 9.88 Å². The Balaban J connectivity index is 1.36. The van der Waals surface area contributed by atoms with E-state index in [-0.39, 0.29) is 0 Å². The Morgan fingerprint density at radius 3 is 2.56 bits per heavy atom. The van der Waals surface area contributed by atoms with E-state index in [9.17, 15) is 0 Å². The number of nitrogens with zero attached hydrogens (tertiary/aromatic N) is 5. The van der Waals surface area contributed by atoms with E-state index in [2.05, 4.69) is 56.2 Å². The number of piperidine rings is 1. The highest BCUT2D eigenvalue weighted by Gasteiger charge is 2.41. The smallest absolute Gasteiger partial charge is 0.161 e. The van der Waals surface area contributed by atoms with Gasteiger partial charge in [0.05, 0.1) is 12.4 Å². The Morgan fingerprint density at radius 2 is 1.80 bits per heavy atom. The number of aromatic nitrogens is 2. The molecule has 4 rings (SSSR count). The first kappa shape index (κ1) is 16.0. The maximum Gasteiger partial charge on any atom is 0.161 e. The molecule has 0 aliphatic carbocycles. The third-order valence-corrected chi connectivity index (χ3v) is 5.66. The molecule has 2 aliphatic rings. The lowest BCUT2D eigenvalue weighted by molar-refractivity contribution is 0.115. The number of anilines is 1. The molecule has 1 aromatic heterocycles. The van der Waals surface area contributed by atoms with Gasteiger partial charge in [-0.05, 0) is 43.3 Å². The van der Waals surface area contributed by atoms with Crippen LogP contribution in [0, 0.1) is 16.7 Å². The van der Waals surface area contributed by atoms with Crippen molar-refractivity contribution in [1.29, 1.82) is 5.26 Å². The Morgan fingerprint density at radius 1 is 1.04 bits per heavy atom. The number of hydrogen-bond donors (Lipinski definition) is 0. The maximum atomic E-state index is 9.02. The first-order valence-electron chi connectivity index (χ1n) is 9.00. The predicted octanol–water partition coefficient (Wildman–Crippen LogP) is 2.84. The molecular formula is C20H23N5. The molecule has 0 bridgehead atoms. The summed E-state index contributed by atoms with van der Waals surface area (Å²) in [4.78, 5) is 13.4. The standard InChI is InChI=1S/C20H23N5/c21-12-18-13-22-14-19(23-18)25-11-8-20(16-25)6-9-24(10-7-20)15-17-4-2-1-3-5-17/h1-5,13-14H,6-11,15-16H2. The average Bonchev–Trinajstić information content (AvgIpc) is 3.09. The molecule has 0 atom stereocenters. The van der Waals surface area contributed by atoms with Crippen LogP contribution in [0.15, 0.2) is 42.7 Å². The summed E-state index contributed by atoms with van der Waals surface area (Å²) in [5.74, 6) is 0.850. The second kappa shape index (κ2) is 6.81. The fraction of sp³-hybridized carbons (Fsp3) is 0.450. The van der Waals surface area contributed by atoms with Crippen molar-refractivity contribution < 1.29 is 0 Å². The van der Waals surface area contributed by atoms with Crippen LogP contribution in [-0.4, -0.2) is 41.0 Å². The molecule has 2 aliphatic heterocycles. The summed E-state index contributed by atoms with van der Waals surface area (Å²) in [6.45, 7) is 5.42. The maximum absolute atomic E-state index is 9.02. The van der Waals surface area contributed by atoms with Crippen molar-refractivity contribution in [3.63, 3.8) is 0 Å². The quantitative estimate of drug-likeness (QED) is 0.864. The predicted molar refractivity (Wildman–Crippen MR) is 97.0 cm³/mol. The van der Waals surface area contributed by atoms with Gasteiger partial charge >= 0.3 is 0 Å². The Kier molecular flexibility index (Phi) is 4.37. The molecule has 5 heteroatoms. The lowest BCUT2D eigenvalue weighted by atomic mass is 9.77. The van der Waals surface area contributed by atoms with Crippen LogP contribution in [-0.2, 0) is 6.54 Å². The molecular weight excluding hydrogens is 310 g/mol. The summed E-state index contributed by atoms with van der Waals surface area (Å²) in [5, 5.41) is 9.02.